The number of benzene rings is 2. The van der Waals surface area contributed by atoms with Crippen LogP contribution in [-0.4, -0.2) is 33.4 Å². The Balaban J connectivity index is 1.97. The van der Waals surface area contributed by atoms with Crippen molar-refractivity contribution in [1.29, 1.82) is 0 Å². The average molecular weight is 399 g/mol. The highest BCUT2D eigenvalue weighted by atomic mass is 19.1. The van der Waals surface area contributed by atoms with Gasteiger partial charge in [0.1, 0.15) is 17.3 Å². The molecule has 4 rings (SSSR count). The molecule has 1 N–H and O–H groups in total. The van der Waals surface area contributed by atoms with E-state index in [9.17, 15) is 4.39 Å². The number of hydrogen-bond donors (Lipinski definition) is 1. The largest absolute Gasteiger partial charge is 0.286 e. The number of hydrogen-bond acceptors (Lipinski definition) is 2. The minimum Gasteiger partial charge on any atom is -0.286 e. The number of aromatic amines is 1. The molecule has 2 atom stereocenters. The Morgan fingerprint density at radius 2 is 1.97 bits per heavy atom. The molecule has 0 fully saturated rings. The summed E-state index contributed by atoms with van der Waals surface area (Å²) in [6.07, 6.45) is 3.79. The van der Waals surface area contributed by atoms with Crippen molar-refractivity contribution in [2.24, 2.45) is 0 Å². The lowest BCUT2D eigenvalue weighted by atomic mass is 9.82. The molecule has 6 heteroatoms. The Morgan fingerprint density at radius 1 is 1.28 bits per heavy atom. The van der Waals surface area contributed by atoms with Gasteiger partial charge in [-0.2, -0.15) is 5.10 Å². The average Bonchev–Trinajstić information content (AvgIpc) is 3.11. The predicted molar refractivity (Wildman–Crippen MR) is 109 cm³/mol. The molecule has 0 saturated carbocycles. The van der Waals surface area contributed by atoms with Crippen molar-refractivity contribution in [3.05, 3.63) is 70.9 Å². The number of rotatable bonds is 4. The topological polar surface area (TPSA) is 31.9 Å². The van der Waals surface area contributed by atoms with Crippen LogP contribution in [0.15, 0.2) is 37.0 Å². The van der Waals surface area contributed by atoms with Gasteiger partial charge in [0.25, 0.3) is 0 Å². The fourth-order valence-electron chi connectivity index (χ4n) is 4.41. The SMILES string of the molecule is C=Cc1cc(F)c(C2c3ccc4[nH]ncc4c3CC(C)N2CC(C)(C)F)c(F)c1. The molecular formula is C23H24F3N3. The van der Waals surface area contributed by atoms with Gasteiger partial charge in [0.2, 0.25) is 0 Å². The highest BCUT2D eigenvalue weighted by molar-refractivity contribution is 5.83. The number of fused-ring (bicyclic) bond motifs is 3. The van der Waals surface area contributed by atoms with Crippen molar-refractivity contribution in [2.45, 2.75) is 44.9 Å². The minimum atomic E-state index is -1.52. The monoisotopic (exact) mass is 399 g/mol. The zero-order chi connectivity index (χ0) is 20.9. The lowest BCUT2D eigenvalue weighted by molar-refractivity contribution is 0.0656. The van der Waals surface area contributed by atoms with E-state index in [4.69, 9.17) is 0 Å². The van der Waals surface area contributed by atoms with E-state index >= 15 is 8.78 Å². The molecule has 2 heterocycles. The lowest BCUT2D eigenvalue weighted by Crippen LogP contribution is -2.48. The van der Waals surface area contributed by atoms with E-state index in [1.165, 1.54) is 32.1 Å². The van der Waals surface area contributed by atoms with Gasteiger partial charge in [-0.3, -0.25) is 10.00 Å². The van der Waals surface area contributed by atoms with Crippen molar-refractivity contribution in [3.8, 4) is 0 Å². The number of halogens is 3. The van der Waals surface area contributed by atoms with Crippen LogP contribution >= 0.6 is 0 Å². The summed E-state index contributed by atoms with van der Waals surface area (Å²) >= 11 is 0. The third-order valence-corrected chi connectivity index (χ3v) is 5.63. The fraction of sp³-hybridized carbons (Fsp3) is 0.348. The molecule has 0 bridgehead atoms. The van der Waals surface area contributed by atoms with E-state index in [2.05, 4.69) is 16.8 Å². The molecule has 1 aromatic heterocycles. The van der Waals surface area contributed by atoms with Gasteiger partial charge < -0.3 is 0 Å². The molecule has 0 amide bonds. The summed E-state index contributed by atoms with van der Waals surface area (Å²) in [5.41, 5.74) is 1.44. The van der Waals surface area contributed by atoms with Gasteiger partial charge in [0.15, 0.2) is 0 Å². The zero-order valence-electron chi connectivity index (χ0n) is 16.8. The highest BCUT2D eigenvalue weighted by Gasteiger charge is 2.39. The standard InChI is InChI=1S/C23H24F3N3/c1-5-14-9-18(24)21(19(25)10-14)22-15-6-7-20-17(11-27-28-20)16(15)8-13(2)29(22)12-23(3,4)26/h5-7,9-11,13,22H,1,8,12H2,2-4H3,(H,27,28). The van der Waals surface area contributed by atoms with Gasteiger partial charge in [0, 0.05) is 23.5 Å². The van der Waals surface area contributed by atoms with E-state index < -0.39 is 23.3 Å². The second-order valence-corrected chi connectivity index (χ2v) is 8.41. The van der Waals surface area contributed by atoms with Gasteiger partial charge >= 0.3 is 0 Å². The van der Waals surface area contributed by atoms with Crippen LogP contribution in [0.2, 0.25) is 0 Å². The van der Waals surface area contributed by atoms with E-state index in [1.54, 1.807) is 6.20 Å². The molecular weight excluding hydrogens is 375 g/mol. The molecule has 0 spiro atoms. The van der Waals surface area contributed by atoms with E-state index in [-0.39, 0.29) is 18.2 Å². The molecule has 1 aliphatic heterocycles. The van der Waals surface area contributed by atoms with Crippen molar-refractivity contribution in [3.63, 3.8) is 0 Å². The maximum Gasteiger partial charge on any atom is 0.131 e. The van der Waals surface area contributed by atoms with Crippen LogP contribution < -0.4 is 0 Å². The van der Waals surface area contributed by atoms with Gasteiger partial charge in [-0.25, -0.2) is 13.2 Å². The van der Waals surface area contributed by atoms with Gasteiger partial charge in [-0.15, -0.1) is 0 Å². The van der Waals surface area contributed by atoms with Crippen LogP contribution in [0.5, 0.6) is 0 Å². The summed E-state index contributed by atoms with van der Waals surface area (Å²) in [4.78, 5) is 1.86. The second-order valence-electron chi connectivity index (χ2n) is 8.41. The van der Waals surface area contributed by atoms with Crippen LogP contribution in [0.1, 0.15) is 49.1 Å². The quantitative estimate of drug-likeness (QED) is 0.622. The zero-order valence-corrected chi connectivity index (χ0v) is 16.8. The van der Waals surface area contributed by atoms with E-state index in [0.29, 0.717) is 12.0 Å². The molecule has 0 aliphatic carbocycles. The van der Waals surface area contributed by atoms with Crippen LogP contribution in [0, 0.1) is 11.6 Å². The Morgan fingerprint density at radius 3 is 2.59 bits per heavy atom. The fourth-order valence-corrected chi connectivity index (χ4v) is 4.41. The molecule has 152 valence electrons. The third-order valence-electron chi connectivity index (χ3n) is 5.63. The molecule has 2 aromatic carbocycles. The normalized spacial score (nSPS) is 20.1. The highest BCUT2D eigenvalue weighted by Crippen LogP contribution is 2.43. The molecule has 1 aliphatic rings. The van der Waals surface area contributed by atoms with Crippen molar-refractivity contribution >= 4 is 17.0 Å². The van der Waals surface area contributed by atoms with Crippen molar-refractivity contribution in [2.75, 3.05) is 6.54 Å². The number of aromatic nitrogens is 2. The number of nitrogens with zero attached hydrogens (tertiary/aromatic N) is 2. The first-order chi connectivity index (χ1) is 13.7. The Kier molecular flexibility index (Phi) is 4.77. The Labute approximate surface area is 168 Å². The summed E-state index contributed by atoms with van der Waals surface area (Å²) in [6, 6.07) is 5.43. The first-order valence-corrected chi connectivity index (χ1v) is 9.70. The number of nitrogens with one attached hydrogen (secondary N) is 1. The maximum atomic E-state index is 15.1. The number of H-pyrrole nitrogens is 1. The van der Waals surface area contributed by atoms with Crippen molar-refractivity contribution < 1.29 is 13.2 Å². The second kappa shape index (κ2) is 7.02. The first kappa shape index (κ1) is 19.7. The smallest absolute Gasteiger partial charge is 0.131 e. The molecule has 0 radical (unpaired) electrons. The summed E-state index contributed by atoms with van der Waals surface area (Å²) in [7, 11) is 0. The molecule has 0 saturated heterocycles. The van der Waals surface area contributed by atoms with Crippen LogP contribution in [-0.2, 0) is 6.42 Å². The van der Waals surface area contributed by atoms with Crippen molar-refractivity contribution in [1.82, 2.24) is 15.1 Å². The Hall–Kier alpha value is -2.60. The summed E-state index contributed by atoms with van der Waals surface area (Å²) in [5.74, 6) is -1.31. The van der Waals surface area contributed by atoms with Crippen LogP contribution in [0.3, 0.4) is 0 Å². The van der Waals surface area contributed by atoms with E-state index in [0.717, 1.165) is 22.0 Å². The van der Waals surface area contributed by atoms with Gasteiger partial charge in [-0.1, -0.05) is 18.7 Å². The first-order valence-electron chi connectivity index (χ1n) is 9.70. The number of alkyl halides is 1. The molecule has 3 nitrogen and oxygen atoms in total. The van der Waals surface area contributed by atoms with E-state index in [1.807, 2.05) is 24.0 Å². The van der Waals surface area contributed by atoms with Crippen LogP contribution in [0.4, 0.5) is 13.2 Å². The lowest BCUT2D eigenvalue weighted by Gasteiger charge is -2.44. The van der Waals surface area contributed by atoms with Crippen LogP contribution in [0.25, 0.3) is 17.0 Å². The maximum absolute atomic E-state index is 15.1. The predicted octanol–water partition coefficient (Wildman–Crippen LogP) is 5.57. The minimum absolute atomic E-state index is 0.0593. The molecule has 2 unspecified atom stereocenters. The molecule has 3 aromatic rings. The van der Waals surface area contributed by atoms with Gasteiger partial charge in [-0.05, 0) is 62.1 Å². The molecule has 29 heavy (non-hydrogen) atoms. The van der Waals surface area contributed by atoms with Gasteiger partial charge in [0.05, 0.1) is 17.8 Å². The third kappa shape index (κ3) is 3.46. The summed E-state index contributed by atoms with van der Waals surface area (Å²) in [6.45, 7) is 8.59. The Bertz CT molecular complexity index is 1060. The summed E-state index contributed by atoms with van der Waals surface area (Å²) in [5, 5.41) is 7.99. The summed E-state index contributed by atoms with van der Waals surface area (Å²) < 4.78 is 45.0.